The molecule has 0 saturated carbocycles. The quantitative estimate of drug-likeness (QED) is 0.357. The Morgan fingerprint density at radius 1 is 0.935 bits per heavy atom. The second-order valence-electron chi connectivity index (χ2n) is 8.06. The van der Waals surface area contributed by atoms with Crippen molar-refractivity contribution in [3.63, 3.8) is 0 Å². The lowest BCUT2D eigenvalue weighted by Crippen LogP contribution is -2.07. The smallest absolute Gasteiger partial charge is 0.336 e. The molecular weight excluding hydrogens is 386 g/mol. The van der Waals surface area contributed by atoms with E-state index in [2.05, 4.69) is 30.7 Å². The van der Waals surface area contributed by atoms with E-state index < -0.39 is 5.97 Å². The molecule has 0 amide bonds. The average molecular weight is 420 g/mol. The van der Waals surface area contributed by atoms with Crippen LogP contribution in [0.5, 0.6) is 0 Å². The molecule has 1 heterocycles. The summed E-state index contributed by atoms with van der Waals surface area (Å²) in [4.78, 5) is 16.4. The Labute approximate surface area is 185 Å². The van der Waals surface area contributed by atoms with E-state index in [1.165, 1.54) is 19.3 Å². The van der Waals surface area contributed by atoms with Crippen molar-refractivity contribution in [3.05, 3.63) is 71.3 Å². The predicted octanol–water partition coefficient (Wildman–Crippen LogP) is 6.16. The van der Waals surface area contributed by atoms with Gasteiger partial charge < -0.3 is 5.11 Å². The van der Waals surface area contributed by atoms with E-state index in [-0.39, 0.29) is 0 Å². The minimum absolute atomic E-state index is 0.322. The molecule has 0 radical (unpaired) electrons. The van der Waals surface area contributed by atoms with Crippen LogP contribution in [0.4, 0.5) is 0 Å². The fourth-order valence-electron chi connectivity index (χ4n) is 3.77. The van der Waals surface area contributed by atoms with Gasteiger partial charge in [0.15, 0.2) is 5.82 Å². The molecule has 5 nitrogen and oxygen atoms in total. The number of carbonyl (C=O) groups is 1. The molecule has 0 unspecified atom stereocenters. The molecule has 0 atom stereocenters. The van der Waals surface area contributed by atoms with Gasteiger partial charge in [-0.1, -0.05) is 82.0 Å². The number of aromatic carboxylic acids is 1. The molecule has 0 spiro atoms. The number of nitrogens with zero attached hydrogens (tertiary/aromatic N) is 3. The number of unbranched alkanes of at least 4 members (excludes halogenated alkanes) is 4. The highest BCUT2D eigenvalue weighted by atomic mass is 16.4. The highest BCUT2D eigenvalue weighted by Gasteiger charge is 2.13. The molecule has 3 aromatic rings. The topological polar surface area (TPSA) is 68.0 Å². The molecule has 2 aromatic carbocycles. The van der Waals surface area contributed by atoms with Crippen molar-refractivity contribution in [2.75, 3.05) is 0 Å². The lowest BCUT2D eigenvalue weighted by atomic mass is 9.98. The maximum absolute atomic E-state index is 11.5. The summed E-state index contributed by atoms with van der Waals surface area (Å²) in [5, 5.41) is 14.2. The summed E-state index contributed by atoms with van der Waals surface area (Å²) in [6.45, 7) is 5.33. The minimum Gasteiger partial charge on any atom is -0.478 e. The van der Waals surface area contributed by atoms with Gasteiger partial charge in [-0.3, -0.25) is 0 Å². The van der Waals surface area contributed by atoms with Gasteiger partial charge in [0.1, 0.15) is 5.82 Å². The number of rotatable bonds is 12. The number of carboxylic acid groups (broad SMARTS) is 1. The number of hydrogen-bond donors (Lipinski definition) is 1. The number of benzene rings is 2. The lowest BCUT2D eigenvalue weighted by molar-refractivity contribution is 0.0697. The number of aryl methyl sites for hydroxylation is 2. The SMILES string of the molecule is CCCCCCn1nc(CCCC)nc1Cc1ccc(-c2ccccc2C(=O)O)cc1. The lowest BCUT2D eigenvalue weighted by Gasteiger charge is -2.08. The molecule has 0 bridgehead atoms. The standard InChI is InChI=1S/C26H33N3O2/c1-3-5-7-10-18-29-25(27-24(28-29)13-6-4-2)19-20-14-16-21(17-15-20)22-11-8-9-12-23(22)26(30)31/h8-9,11-12,14-17H,3-7,10,13,18-19H2,1-2H3,(H,30,31). The van der Waals surface area contributed by atoms with Gasteiger partial charge in [0.05, 0.1) is 5.56 Å². The fraction of sp³-hybridized carbons (Fsp3) is 0.423. The Morgan fingerprint density at radius 2 is 1.68 bits per heavy atom. The van der Waals surface area contributed by atoms with Gasteiger partial charge in [-0.15, -0.1) is 0 Å². The Morgan fingerprint density at radius 3 is 2.39 bits per heavy atom. The maximum atomic E-state index is 11.5. The van der Waals surface area contributed by atoms with Crippen LogP contribution in [0.25, 0.3) is 11.1 Å². The molecule has 5 heteroatoms. The monoisotopic (exact) mass is 419 g/mol. The summed E-state index contributed by atoms with van der Waals surface area (Å²) in [7, 11) is 0. The zero-order chi connectivity index (χ0) is 22.1. The molecule has 31 heavy (non-hydrogen) atoms. The summed E-state index contributed by atoms with van der Waals surface area (Å²) in [5.74, 6) is 1.05. The van der Waals surface area contributed by atoms with Crippen LogP contribution in [0.3, 0.4) is 0 Å². The number of aromatic nitrogens is 3. The second-order valence-corrected chi connectivity index (χ2v) is 8.06. The zero-order valence-corrected chi connectivity index (χ0v) is 18.7. The van der Waals surface area contributed by atoms with Gasteiger partial charge in [-0.25, -0.2) is 14.5 Å². The molecule has 0 fully saturated rings. The summed E-state index contributed by atoms with van der Waals surface area (Å²) in [6, 6.07) is 15.2. The van der Waals surface area contributed by atoms with E-state index >= 15 is 0 Å². The third-order valence-corrected chi connectivity index (χ3v) is 5.55. The van der Waals surface area contributed by atoms with Gasteiger partial charge in [0.2, 0.25) is 0 Å². The minimum atomic E-state index is -0.907. The van der Waals surface area contributed by atoms with Gasteiger partial charge in [-0.05, 0) is 35.6 Å². The maximum Gasteiger partial charge on any atom is 0.336 e. The van der Waals surface area contributed by atoms with Crippen LogP contribution in [-0.4, -0.2) is 25.8 Å². The summed E-state index contributed by atoms with van der Waals surface area (Å²) >= 11 is 0. The van der Waals surface area contributed by atoms with Crippen molar-refractivity contribution in [3.8, 4) is 11.1 Å². The van der Waals surface area contributed by atoms with Crippen molar-refractivity contribution in [2.45, 2.75) is 71.8 Å². The first-order chi connectivity index (χ1) is 15.1. The van der Waals surface area contributed by atoms with Crippen LogP contribution in [0, 0.1) is 0 Å². The van der Waals surface area contributed by atoms with Crippen LogP contribution < -0.4 is 0 Å². The van der Waals surface area contributed by atoms with Crippen molar-refractivity contribution >= 4 is 5.97 Å². The van der Waals surface area contributed by atoms with Crippen LogP contribution in [0.15, 0.2) is 48.5 Å². The van der Waals surface area contributed by atoms with Crippen molar-refractivity contribution in [2.24, 2.45) is 0 Å². The Kier molecular flexibility index (Phi) is 8.39. The predicted molar refractivity (Wildman–Crippen MR) is 124 cm³/mol. The second kappa shape index (κ2) is 11.4. The Bertz CT molecular complexity index is 977. The molecule has 1 aromatic heterocycles. The molecule has 3 rings (SSSR count). The first kappa shape index (κ1) is 22.7. The Balaban J connectivity index is 1.77. The molecule has 1 N–H and O–H groups in total. The van der Waals surface area contributed by atoms with Gasteiger partial charge in [0.25, 0.3) is 0 Å². The highest BCUT2D eigenvalue weighted by molar-refractivity contribution is 5.95. The number of carboxylic acids is 1. The third kappa shape index (κ3) is 6.27. The largest absolute Gasteiger partial charge is 0.478 e. The van der Waals surface area contributed by atoms with E-state index in [1.54, 1.807) is 12.1 Å². The van der Waals surface area contributed by atoms with Crippen LogP contribution in [-0.2, 0) is 19.4 Å². The van der Waals surface area contributed by atoms with Crippen LogP contribution in [0.1, 0.15) is 79.9 Å². The first-order valence-corrected chi connectivity index (χ1v) is 11.5. The van der Waals surface area contributed by atoms with Gasteiger partial charge in [0, 0.05) is 19.4 Å². The van der Waals surface area contributed by atoms with Gasteiger partial charge >= 0.3 is 5.97 Å². The molecule has 0 saturated heterocycles. The average Bonchev–Trinajstić information content (AvgIpc) is 3.17. The van der Waals surface area contributed by atoms with E-state index in [9.17, 15) is 9.90 Å². The molecular formula is C26H33N3O2. The molecule has 0 aliphatic heterocycles. The van der Waals surface area contributed by atoms with E-state index in [4.69, 9.17) is 10.1 Å². The van der Waals surface area contributed by atoms with Crippen molar-refractivity contribution in [1.82, 2.24) is 14.8 Å². The van der Waals surface area contributed by atoms with E-state index in [0.717, 1.165) is 67.0 Å². The van der Waals surface area contributed by atoms with Crippen LogP contribution in [0.2, 0.25) is 0 Å². The summed E-state index contributed by atoms with van der Waals surface area (Å²) in [6.07, 6.45) is 8.73. The number of hydrogen-bond acceptors (Lipinski definition) is 3. The van der Waals surface area contributed by atoms with Crippen molar-refractivity contribution in [1.29, 1.82) is 0 Å². The van der Waals surface area contributed by atoms with Crippen molar-refractivity contribution < 1.29 is 9.90 Å². The normalized spacial score (nSPS) is 11.0. The first-order valence-electron chi connectivity index (χ1n) is 11.5. The molecule has 0 aliphatic rings. The fourth-order valence-corrected chi connectivity index (χ4v) is 3.77. The summed E-state index contributed by atoms with van der Waals surface area (Å²) < 4.78 is 2.09. The highest BCUT2D eigenvalue weighted by Crippen LogP contribution is 2.24. The molecule has 164 valence electrons. The van der Waals surface area contributed by atoms with E-state index in [0.29, 0.717) is 5.56 Å². The van der Waals surface area contributed by atoms with E-state index in [1.807, 2.05) is 24.3 Å². The third-order valence-electron chi connectivity index (χ3n) is 5.55. The summed E-state index contributed by atoms with van der Waals surface area (Å²) in [5.41, 5.74) is 3.12. The van der Waals surface area contributed by atoms with Gasteiger partial charge in [-0.2, -0.15) is 5.10 Å². The zero-order valence-electron chi connectivity index (χ0n) is 18.7. The Hall–Kier alpha value is -2.95. The molecule has 0 aliphatic carbocycles. The van der Waals surface area contributed by atoms with Crippen LogP contribution >= 0.6 is 0 Å².